The minimum absolute atomic E-state index is 0.290. The zero-order chi connectivity index (χ0) is 14.8. The molecule has 1 heterocycles. The fourth-order valence-electron chi connectivity index (χ4n) is 2.89. The quantitative estimate of drug-likeness (QED) is 0.712. The molecule has 2 aromatic rings. The van der Waals surface area contributed by atoms with E-state index in [0.717, 1.165) is 29.7 Å². The maximum absolute atomic E-state index is 13.8. The van der Waals surface area contributed by atoms with Crippen molar-refractivity contribution >= 4 is 38.6 Å². The average Bonchev–Trinajstić information content (AvgIpc) is 3.08. The SMILES string of the molecule is Fc1cc2c(cc1Br)nc(CCl)n2CCOC1CCCC1. The molecular weight excluding hydrogens is 359 g/mol. The minimum atomic E-state index is -0.290. The molecular formula is C15H17BrClFN2O. The number of alkyl halides is 1. The lowest BCUT2D eigenvalue weighted by atomic mass is 10.3. The maximum Gasteiger partial charge on any atom is 0.139 e. The maximum atomic E-state index is 13.8. The molecule has 0 unspecified atom stereocenters. The molecule has 0 saturated heterocycles. The third kappa shape index (κ3) is 3.25. The molecule has 114 valence electrons. The Kier molecular flexibility index (Phi) is 4.82. The van der Waals surface area contributed by atoms with Crippen LogP contribution in [0.1, 0.15) is 31.5 Å². The van der Waals surface area contributed by atoms with Gasteiger partial charge in [0.15, 0.2) is 0 Å². The number of aromatic nitrogens is 2. The lowest BCUT2D eigenvalue weighted by Gasteiger charge is -2.13. The zero-order valence-electron chi connectivity index (χ0n) is 11.6. The summed E-state index contributed by atoms with van der Waals surface area (Å²) in [6.07, 6.45) is 5.18. The second-order valence-corrected chi connectivity index (χ2v) is 6.47. The van der Waals surface area contributed by atoms with E-state index in [9.17, 15) is 4.39 Å². The van der Waals surface area contributed by atoms with E-state index in [-0.39, 0.29) is 5.82 Å². The molecule has 0 N–H and O–H groups in total. The van der Waals surface area contributed by atoms with Gasteiger partial charge in [-0.15, -0.1) is 11.6 Å². The molecule has 1 aromatic carbocycles. The lowest BCUT2D eigenvalue weighted by molar-refractivity contribution is 0.0532. The van der Waals surface area contributed by atoms with E-state index in [1.54, 1.807) is 6.07 Å². The monoisotopic (exact) mass is 374 g/mol. The van der Waals surface area contributed by atoms with Gasteiger partial charge >= 0.3 is 0 Å². The van der Waals surface area contributed by atoms with Crippen molar-refractivity contribution in [3.8, 4) is 0 Å². The third-order valence-corrected chi connectivity index (χ3v) is 4.81. The van der Waals surface area contributed by atoms with Gasteiger partial charge in [0.25, 0.3) is 0 Å². The van der Waals surface area contributed by atoms with Crippen LogP contribution in [-0.2, 0) is 17.2 Å². The predicted octanol–water partition coefficient (Wildman–Crippen LogP) is 4.64. The molecule has 0 bridgehead atoms. The highest BCUT2D eigenvalue weighted by Gasteiger charge is 2.16. The normalized spacial score (nSPS) is 16.1. The number of imidazole rings is 1. The number of ether oxygens (including phenoxy) is 1. The Bertz CT molecular complexity index is 640. The fraction of sp³-hybridized carbons (Fsp3) is 0.533. The molecule has 1 saturated carbocycles. The van der Waals surface area contributed by atoms with Crippen molar-refractivity contribution in [1.82, 2.24) is 9.55 Å². The Balaban J connectivity index is 1.80. The van der Waals surface area contributed by atoms with Crippen molar-refractivity contribution in [1.29, 1.82) is 0 Å². The van der Waals surface area contributed by atoms with Gasteiger partial charge in [0.1, 0.15) is 11.6 Å². The number of hydrogen-bond acceptors (Lipinski definition) is 2. The molecule has 0 aliphatic heterocycles. The molecule has 1 aromatic heterocycles. The second-order valence-electron chi connectivity index (χ2n) is 5.35. The number of hydrogen-bond donors (Lipinski definition) is 0. The highest BCUT2D eigenvalue weighted by Crippen LogP contribution is 2.25. The summed E-state index contributed by atoms with van der Waals surface area (Å²) in [5, 5.41) is 0. The molecule has 0 radical (unpaired) electrons. The van der Waals surface area contributed by atoms with Crippen molar-refractivity contribution in [3.05, 3.63) is 28.2 Å². The Hall–Kier alpha value is -0.650. The smallest absolute Gasteiger partial charge is 0.139 e. The van der Waals surface area contributed by atoms with Crippen LogP contribution in [0.3, 0.4) is 0 Å². The topological polar surface area (TPSA) is 27.1 Å². The van der Waals surface area contributed by atoms with Crippen LogP contribution in [0.15, 0.2) is 16.6 Å². The molecule has 21 heavy (non-hydrogen) atoms. The summed E-state index contributed by atoms with van der Waals surface area (Å²) in [6.45, 7) is 1.26. The summed E-state index contributed by atoms with van der Waals surface area (Å²) in [5.41, 5.74) is 1.51. The Morgan fingerprint density at radius 3 is 2.86 bits per heavy atom. The van der Waals surface area contributed by atoms with E-state index in [0.29, 0.717) is 29.6 Å². The van der Waals surface area contributed by atoms with Crippen molar-refractivity contribution in [2.24, 2.45) is 0 Å². The standard InChI is InChI=1S/C15H17BrClFN2O/c16-11-7-13-14(8-12(11)18)20(15(9-17)19-13)5-6-21-10-3-1-2-4-10/h7-8,10H,1-6,9H2. The van der Waals surface area contributed by atoms with Gasteiger partial charge in [-0.2, -0.15) is 0 Å². The number of halogens is 3. The van der Waals surface area contributed by atoms with Crippen LogP contribution in [-0.4, -0.2) is 22.3 Å². The summed E-state index contributed by atoms with van der Waals surface area (Å²) in [5.74, 6) is 0.762. The Morgan fingerprint density at radius 2 is 2.14 bits per heavy atom. The Labute approximate surface area is 136 Å². The van der Waals surface area contributed by atoms with Gasteiger partial charge in [0.05, 0.1) is 34.1 Å². The van der Waals surface area contributed by atoms with Gasteiger partial charge in [-0.05, 0) is 34.8 Å². The van der Waals surface area contributed by atoms with Crippen molar-refractivity contribution in [2.45, 2.75) is 44.2 Å². The van der Waals surface area contributed by atoms with Crippen LogP contribution in [0.4, 0.5) is 4.39 Å². The third-order valence-electron chi connectivity index (χ3n) is 3.96. The number of nitrogens with zero attached hydrogens (tertiary/aromatic N) is 2. The van der Waals surface area contributed by atoms with Crippen LogP contribution < -0.4 is 0 Å². The van der Waals surface area contributed by atoms with Gasteiger partial charge < -0.3 is 9.30 Å². The van der Waals surface area contributed by atoms with Crippen molar-refractivity contribution in [2.75, 3.05) is 6.61 Å². The first-order valence-corrected chi connectivity index (χ1v) is 8.53. The van der Waals surface area contributed by atoms with E-state index in [4.69, 9.17) is 16.3 Å². The van der Waals surface area contributed by atoms with E-state index in [1.165, 1.54) is 18.9 Å². The summed E-state index contributed by atoms with van der Waals surface area (Å²) >= 11 is 9.15. The van der Waals surface area contributed by atoms with Crippen LogP contribution in [0.2, 0.25) is 0 Å². The summed E-state index contributed by atoms with van der Waals surface area (Å²) < 4.78 is 22.0. The first-order valence-electron chi connectivity index (χ1n) is 7.21. The molecule has 0 atom stereocenters. The Morgan fingerprint density at radius 1 is 1.38 bits per heavy atom. The molecule has 1 aliphatic carbocycles. The zero-order valence-corrected chi connectivity index (χ0v) is 14.0. The lowest BCUT2D eigenvalue weighted by Crippen LogP contribution is -2.14. The molecule has 1 aliphatic rings. The van der Waals surface area contributed by atoms with Gasteiger partial charge in [-0.1, -0.05) is 12.8 Å². The molecule has 1 fully saturated rings. The summed E-state index contributed by atoms with van der Waals surface area (Å²) in [7, 11) is 0. The molecule has 3 rings (SSSR count). The number of rotatable bonds is 5. The highest BCUT2D eigenvalue weighted by atomic mass is 79.9. The predicted molar refractivity (Wildman–Crippen MR) is 85.2 cm³/mol. The average molecular weight is 376 g/mol. The van der Waals surface area contributed by atoms with Crippen LogP contribution in [0.5, 0.6) is 0 Å². The highest BCUT2D eigenvalue weighted by molar-refractivity contribution is 9.10. The summed E-state index contributed by atoms with van der Waals surface area (Å²) in [4.78, 5) is 4.46. The van der Waals surface area contributed by atoms with E-state index < -0.39 is 0 Å². The molecule has 0 amide bonds. The van der Waals surface area contributed by atoms with Gasteiger partial charge in [-0.25, -0.2) is 9.37 Å². The molecule has 3 nitrogen and oxygen atoms in total. The first-order chi connectivity index (χ1) is 10.2. The summed E-state index contributed by atoms with van der Waals surface area (Å²) in [6, 6.07) is 3.19. The van der Waals surface area contributed by atoms with Crippen LogP contribution >= 0.6 is 27.5 Å². The van der Waals surface area contributed by atoms with Crippen molar-refractivity contribution in [3.63, 3.8) is 0 Å². The second kappa shape index (κ2) is 6.63. The first kappa shape index (κ1) is 15.3. The van der Waals surface area contributed by atoms with Gasteiger partial charge in [0, 0.05) is 12.6 Å². The molecule has 6 heteroatoms. The van der Waals surface area contributed by atoms with Crippen LogP contribution in [0, 0.1) is 5.82 Å². The van der Waals surface area contributed by atoms with E-state index in [2.05, 4.69) is 20.9 Å². The van der Waals surface area contributed by atoms with Crippen LogP contribution in [0.25, 0.3) is 11.0 Å². The van der Waals surface area contributed by atoms with Gasteiger partial charge in [-0.3, -0.25) is 0 Å². The van der Waals surface area contributed by atoms with E-state index >= 15 is 0 Å². The van der Waals surface area contributed by atoms with E-state index in [1.807, 2.05) is 4.57 Å². The number of benzene rings is 1. The fourth-order valence-corrected chi connectivity index (χ4v) is 3.42. The minimum Gasteiger partial charge on any atom is -0.376 e. The number of fused-ring (bicyclic) bond motifs is 1. The van der Waals surface area contributed by atoms with Crippen molar-refractivity contribution < 1.29 is 9.13 Å². The molecule has 0 spiro atoms. The van der Waals surface area contributed by atoms with Gasteiger partial charge in [0.2, 0.25) is 0 Å². The largest absolute Gasteiger partial charge is 0.376 e.